The maximum Gasteiger partial charge on any atom is 0.241 e. The fourth-order valence-corrected chi connectivity index (χ4v) is 5.40. The number of benzene rings is 2. The molecule has 1 aliphatic heterocycles. The third kappa shape index (κ3) is 4.63. The Labute approximate surface area is 168 Å². The van der Waals surface area contributed by atoms with Crippen molar-refractivity contribution >= 4 is 10.0 Å². The zero-order valence-electron chi connectivity index (χ0n) is 17.2. The van der Waals surface area contributed by atoms with Gasteiger partial charge in [-0.3, -0.25) is 4.90 Å². The van der Waals surface area contributed by atoms with Gasteiger partial charge in [0.15, 0.2) is 0 Å². The van der Waals surface area contributed by atoms with Gasteiger partial charge >= 0.3 is 0 Å². The highest BCUT2D eigenvalue weighted by Gasteiger charge is 2.24. The molecule has 3 rings (SSSR count). The Bertz CT molecular complexity index is 900. The summed E-state index contributed by atoms with van der Waals surface area (Å²) in [4.78, 5) is 2.68. The molecule has 2 aromatic rings. The number of hydrogen-bond acceptors (Lipinski definition) is 4. The summed E-state index contributed by atoms with van der Waals surface area (Å²) in [5.74, 6) is 0. The summed E-state index contributed by atoms with van der Waals surface area (Å²) in [6.45, 7) is 11.0. The molecule has 0 spiro atoms. The normalized spacial score (nSPS) is 18.4. The molecule has 0 amide bonds. The van der Waals surface area contributed by atoms with Crippen molar-refractivity contribution in [3.63, 3.8) is 0 Å². The van der Waals surface area contributed by atoms with Crippen LogP contribution in [0.2, 0.25) is 0 Å². The lowest BCUT2D eigenvalue weighted by Gasteiger charge is -2.33. The second kappa shape index (κ2) is 8.74. The smallest absolute Gasteiger partial charge is 0.241 e. The number of nitrogens with one attached hydrogen (secondary N) is 1. The molecule has 0 radical (unpaired) electrons. The minimum Gasteiger partial charge on any atom is -0.371 e. The van der Waals surface area contributed by atoms with Crippen LogP contribution in [-0.4, -0.2) is 46.1 Å². The Morgan fingerprint density at radius 3 is 2.36 bits per heavy atom. The van der Waals surface area contributed by atoms with Crippen LogP contribution in [0.5, 0.6) is 0 Å². The molecule has 2 aromatic carbocycles. The summed E-state index contributed by atoms with van der Waals surface area (Å²) in [5.41, 5.74) is 4.82. The lowest BCUT2D eigenvalue weighted by atomic mass is 10.0. The predicted molar refractivity (Wildman–Crippen MR) is 112 cm³/mol. The molecule has 0 unspecified atom stereocenters. The first kappa shape index (κ1) is 21.0. The molecule has 0 saturated carbocycles. The van der Waals surface area contributed by atoms with Crippen LogP contribution >= 0.6 is 0 Å². The Balaban J connectivity index is 1.63. The van der Waals surface area contributed by atoms with Gasteiger partial charge in [-0.25, -0.2) is 13.1 Å². The number of ether oxygens (including phenoxy) is 1. The van der Waals surface area contributed by atoms with Crippen molar-refractivity contribution in [2.24, 2.45) is 0 Å². The standard InChI is InChI=1S/C22H30N2O3S/c1-16-14-17(2)19(4)22(18(16)3)28(25,26)23-10-11-24-12-13-27-21(15-24)20-8-6-5-7-9-20/h5-9,14,21,23H,10-13,15H2,1-4H3/t21-/m1/s1. The predicted octanol–water partition coefficient (Wildman–Crippen LogP) is 3.27. The second-order valence-corrected chi connectivity index (χ2v) is 9.26. The molecule has 152 valence electrons. The summed E-state index contributed by atoms with van der Waals surface area (Å²) in [7, 11) is -3.54. The molecule has 1 saturated heterocycles. The van der Waals surface area contributed by atoms with Gasteiger partial charge < -0.3 is 4.74 Å². The quantitative estimate of drug-likeness (QED) is 0.806. The average molecular weight is 403 g/mol. The van der Waals surface area contributed by atoms with Crippen molar-refractivity contribution in [3.8, 4) is 0 Å². The van der Waals surface area contributed by atoms with Crippen LogP contribution in [0.15, 0.2) is 41.3 Å². The Morgan fingerprint density at radius 1 is 1.07 bits per heavy atom. The largest absolute Gasteiger partial charge is 0.371 e. The van der Waals surface area contributed by atoms with E-state index in [9.17, 15) is 8.42 Å². The van der Waals surface area contributed by atoms with E-state index < -0.39 is 10.0 Å². The molecule has 1 heterocycles. The number of nitrogens with zero attached hydrogens (tertiary/aromatic N) is 1. The summed E-state index contributed by atoms with van der Waals surface area (Å²) >= 11 is 0. The summed E-state index contributed by atoms with van der Waals surface area (Å²) < 4.78 is 34.6. The molecule has 6 heteroatoms. The van der Waals surface area contributed by atoms with Crippen LogP contribution in [-0.2, 0) is 14.8 Å². The van der Waals surface area contributed by atoms with Gasteiger partial charge in [0.1, 0.15) is 0 Å². The van der Waals surface area contributed by atoms with E-state index in [-0.39, 0.29) is 6.10 Å². The number of hydrogen-bond donors (Lipinski definition) is 1. The van der Waals surface area contributed by atoms with Gasteiger partial charge in [0.2, 0.25) is 10.0 Å². The SMILES string of the molecule is Cc1cc(C)c(C)c(S(=O)(=O)NCCN2CCO[C@@H](c3ccccc3)C2)c1C. The van der Waals surface area contributed by atoms with Crippen LogP contribution in [0.3, 0.4) is 0 Å². The number of rotatable bonds is 6. The first-order valence-electron chi connectivity index (χ1n) is 9.75. The van der Waals surface area contributed by atoms with E-state index in [0.29, 0.717) is 24.6 Å². The molecule has 28 heavy (non-hydrogen) atoms. The third-order valence-electron chi connectivity index (χ3n) is 5.61. The van der Waals surface area contributed by atoms with E-state index in [4.69, 9.17) is 4.74 Å². The zero-order valence-corrected chi connectivity index (χ0v) is 18.0. The number of sulfonamides is 1. The number of morpholine rings is 1. The first-order chi connectivity index (χ1) is 13.3. The topological polar surface area (TPSA) is 58.6 Å². The van der Waals surface area contributed by atoms with Crippen LogP contribution in [0.25, 0.3) is 0 Å². The molecular formula is C22H30N2O3S. The van der Waals surface area contributed by atoms with Gasteiger partial charge in [0.05, 0.1) is 17.6 Å². The zero-order chi connectivity index (χ0) is 20.3. The van der Waals surface area contributed by atoms with E-state index in [2.05, 4.69) is 21.8 Å². The molecule has 1 fully saturated rings. The molecule has 0 aliphatic carbocycles. The third-order valence-corrected chi connectivity index (χ3v) is 7.34. The average Bonchev–Trinajstić information content (AvgIpc) is 2.67. The van der Waals surface area contributed by atoms with Gasteiger partial charge in [-0.15, -0.1) is 0 Å². The fourth-order valence-electron chi connectivity index (χ4n) is 3.77. The minimum atomic E-state index is -3.54. The van der Waals surface area contributed by atoms with Crippen molar-refractivity contribution in [2.75, 3.05) is 32.8 Å². The van der Waals surface area contributed by atoms with Gasteiger partial charge in [0.25, 0.3) is 0 Å². The molecule has 5 nitrogen and oxygen atoms in total. The van der Waals surface area contributed by atoms with Gasteiger partial charge in [0, 0.05) is 26.2 Å². The van der Waals surface area contributed by atoms with E-state index in [1.54, 1.807) is 0 Å². The minimum absolute atomic E-state index is 0.0375. The lowest BCUT2D eigenvalue weighted by molar-refractivity contribution is -0.0291. The Kier molecular flexibility index (Phi) is 6.55. The maximum atomic E-state index is 13.0. The molecule has 1 aliphatic rings. The molecule has 0 aromatic heterocycles. The number of aryl methyl sites for hydroxylation is 2. The highest BCUT2D eigenvalue weighted by atomic mass is 32.2. The maximum absolute atomic E-state index is 13.0. The van der Waals surface area contributed by atoms with Crippen LogP contribution in [0, 0.1) is 27.7 Å². The molecule has 0 bridgehead atoms. The molecular weight excluding hydrogens is 372 g/mol. The molecule has 1 N–H and O–H groups in total. The van der Waals surface area contributed by atoms with Gasteiger partial charge in [-0.2, -0.15) is 0 Å². The van der Waals surface area contributed by atoms with Gasteiger partial charge in [-0.05, 0) is 55.5 Å². The summed E-state index contributed by atoms with van der Waals surface area (Å²) in [6.07, 6.45) is 0.0375. The summed E-state index contributed by atoms with van der Waals surface area (Å²) in [5, 5.41) is 0. The van der Waals surface area contributed by atoms with E-state index in [1.807, 2.05) is 52.0 Å². The van der Waals surface area contributed by atoms with E-state index in [0.717, 1.165) is 40.9 Å². The van der Waals surface area contributed by atoms with E-state index in [1.165, 1.54) is 0 Å². The van der Waals surface area contributed by atoms with Crippen molar-refractivity contribution in [2.45, 2.75) is 38.7 Å². The van der Waals surface area contributed by atoms with Crippen molar-refractivity contribution in [3.05, 3.63) is 64.2 Å². The Hall–Kier alpha value is -1.73. The molecule has 1 atom stereocenters. The van der Waals surface area contributed by atoms with Crippen molar-refractivity contribution in [1.82, 2.24) is 9.62 Å². The van der Waals surface area contributed by atoms with Crippen molar-refractivity contribution < 1.29 is 13.2 Å². The monoisotopic (exact) mass is 402 g/mol. The van der Waals surface area contributed by atoms with Gasteiger partial charge in [-0.1, -0.05) is 36.4 Å². The van der Waals surface area contributed by atoms with Crippen molar-refractivity contribution in [1.29, 1.82) is 0 Å². The highest BCUT2D eigenvalue weighted by molar-refractivity contribution is 7.89. The van der Waals surface area contributed by atoms with Crippen LogP contribution in [0.4, 0.5) is 0 Å². The summed E-state index contributed by atoms with van der Waals surface area (Å²) in [6, 6.07) is 12.2. The first-order valence-corrected chi connectivity index (χ1v) is 11.2. The van der Waals surface area contributed by atoms with Crippen LogP contribution in [0.1, 0.15) is 33.9 Å². The second-order valence-electron chi connectivity index (χ2n) is 7.56. The Morgan fingerprint density at radius 2 is 1.71 bits per heavy atom. The highest BCUT2D eigenvalue weighted by Crippen LogP contribution is 2.26. The van der Waals surface area contributed by atoms with E-state index >= 15 is 0 Å². The van der Waals surface area contributed by atoms with Crippen LogP contribution < -0.4 is 4.72 Å². The fraction of sp³-hybridized carbons (Fsp3) is 0.455. The lowest BCUT2D eigenvalue weighted by Crippen LogP contribution is -2.42.